The third-order valence-electron chi connectivity index (χ3n) is 2.72. The van der Waals surface area contributed by atoms with Crippen LogP contribution in [0.3, 0.4) is 0 Å². The lowest BCUT2D eigenvalue weighted by atomic mass is 9.94. The van der Waals surface area contributed by atoms with E-state index in [1.807, 2.05) is 13.8 Å². The van der Waals surface area contributed by atoms with Crippen LogP contribution in [-0.2, 0) is 4.79 Å². The largest absolute Gasteiger partial charge is 0.342 e. The van der Waals surface area contributed by atoms with Gasteiger partial charge in [-0.3, -0.25) is 4.79 Å². The molecule has 0 saturated heterocycles. The Balaban J connectivity index is 4.17. The molecule has 3 N–H and O–H groups in total. The molecule has 0 aliphatic heterocycles. The normalized spacial score (nSPS) is 13.9. The van der Waals surface area contributed by atoms with Crippen molar-refractivity contribution in [3.8, 4) is 0 Å². The molecule has 0 heterocycles. The molecule has 0 aliphatic carbocycles. The van der Waals surface area contributed by atoms with Gasteiger partial charge in [0.25, 0.3) is 0 Å². The first-order chi connectivity index (χ1) is 5.96. The van der Waals surface area contributed by atoms with Crippen LogP contribution in [0.25, 0.3) is 0 Å². The van der Waals surface area contributed by atoms with Crippen molar-refractivity contribution in [3.63, 3.8) is 0 Å². The zero-order chi connectivity index (χ0) is 10.5. The molecule has 0 spiro atoms. The molecule has 1 amide bonds. The first-order valence-electron chi connectivity index (χ1n) is 4.58. The summed E-state index contributed by atoms with van der Waals surface area (Å²) in [6.07, 6.45) is 0.848. The van der Waals surface area contributed by atoms with E-state index in [0.29, 0.717) is 6.54 Å². The van der Waals surface area contributed by atoms with E-state index >= 15 is 0 Å². The average molecular weight is 187 g/mol. The van der Waals surface area contributed by atoms with Crippen molar-refractivity contribution >= 4 is 6.41 Å². The molecule has 4 heteroatoms. The second kappa shape index (κ2) is 5.19. The molecule has 0 aromatic carbocycles. The van der Waals surface area contributed by atoms with Crippen molar-refractivity contribution in [1.29, 1.82) is 0 Å². The van der Waals surface area contributed by atoms with Gasteiger partial charge < -0.3 is 16.0 Å². The highest BCUT2D eigenvalue weighted by Gasteiger charge is 2.28. The minimum atomic E-state index is -0.184. The molecule has 4 nitrogen and oxygen atoms in total. The highest BCUT2D eigenvalue weighted by Crippen LogP contribution is 2.15. The number of hydrogen-bond acceptors (Lipinski definition) is 3. The Morgan fingerprint density at radius 2 is 2.15 bits per heavy atom. The van der Waals surface area contributed by atoms with E-state index in [1.165, 1.54) is 0 Å². The Bertz CT molecular complexity index is 159. The zero-order valence-corrected chi connectivity index (χ0v) is 9.00. The summed E-state index contributed by atoms with van der Waals surface area (Å²) in [5, 5.41) is 3.26. The quantitative estimate of drug-likeness (QED) is 0.566. The van der Waals surface area contributed by atoms with Gasteiger partial charge >= 0.3 is 0 Å². The maximum atomic E-state index is 10.6. The summed E-state index contributed by atoms with van der Waals surface area (Å²) in [6, 6.07) is 0.228. The fourth-order valence-corrected chi connectivity index (χ4v) is 0.991. The molecular formula is C9H21N3O. The van der Waals surface area contributed by atoms with E-state index < -0.39 is 0 Å². The number of nitrogens with zero attached hydrogens (tertiary/aromatic N) is 1. The topological polar surface area (TPSA) is 58.4 Å². The lowest BCUT2D eigenvalue weighted by Crippen LogP contribution is -2.55. The number of nitrogens with one attached hydrogen (secondary N) is 1. The molecule has 1 atom stereocenters. The van der Waals surface area contributed by atoms with Crippen molar-refractivity contribution in [1.82, 2.24) is 10.2 Å². The average Bonchev–Trinajstić information content (AvgIpc) is 2.12. The molecule has 0 aromatic heterocycles. The first kappa shape index (κ1) is 12.4. The predicted molar refractivity (Wildman–Crippen MR) is 54.4 cm³/mol. The van der Waals surface area contributed by atoms with E-state index in [1.54, 1.807) is 11.9 Å². The van der Waals surface area contributed by atoms with Gasteiger partial charge in [-0.05, 0) is 20.8 Å². The van der Waals surface area contributed by atoms with Gasteiger partial charge in [0.1, 0.15) is 0 Å². The highest BCUT2D eigenvalue weighted by atomic mass is 16.1. The Morgan fingerprint density at radius 3 is 2.54 bits per heavy atom. The molecule has 0 aromatic rings. The second-order valence-electron chi connectivity index (χ2n) is 3.83. The summed E-state index contributed by atoms with van der Waals surface area (Å²) >= 11 is 0. The minimum absolute atomic E-state index is 0.184. The van der Waals surface area contributed by atoms with Crippen LogP contribution >= 0.6 is 0 Å². The predicted octanol–water partition coefficient (Wildman–Crippen LogP) is -0.210. The SMILES string of the molecule is CC(NCCN)C(C)(C)N(C)C=O. The molecule has 0 bridgehead atoms. The van der Waals surface area contributed by atoms with Gasteiger partial charge in [0.2, 0.25) is 6.41 Å². The maximum absolute atomic E-state index is 10.6. The summed E-state index contributed by atoms with van der Waals surface area (Å²) in [4.78, 5) is 12.3. The monoisotopic (exact) mass is 187 g/mol. The van der Waals surface area contributed by atoms with E-state index in [4.69, 9.17) is 5.73 Å². The fraction of sp³-hybridized carbons (Fsp3) is 0.889. The lowest BCUT2D eigenvalue weighted by molar-refractivity contribution is -0.121. The number of hydrogen-bond donors (Lipinski definition) is 2. The van der Waals surface area contributed by atoms with E-state index in [2.05, 4.69) is 12.2 Å². The molecule has 13 heavy (non-hydrogen) atoms. The summed E-state index contributed by atoms with van der Waals surface area (Å²) in [7, 11) is 1.79. The molecule has 0 rings (SSSR count). The van der Waals surface area contributed by atoms with Crippen LogP contribution in [0, 0.1) is 0 Å². The van der Waals surface area contributed by atoms with Crippen molar-refractivity contribution < 1.29 is 4.79 Å². The van der Waals surface area contributed by atoms with Gasteiger partial charge in [0.05, 0.1) is 5.54 Å². The van der Waals surface area contributed by atoms with Crippen molar-refractivity contribution in [2.75, 3.05) is 20.1 Å². The van der Waals surface area contributed by atoms with Gasteiger partial charge in [-0.1, -0.05) is 0 Å². The molecule has 0 aliphatic rings. The van der Waals surface area contributed by atoms with Gasteiger partial charge in [-0.2, -0.15) is 0 Å². The van der Waals surface area contributed by atoms with Crippen LogP contribution in [0.1, 0.15) is 20.8 Å². The summed E-state index contributed by atoms with van der Waals surface area (Å²) in [6.45, 7) is 7.49. The van der Waals surface area contributed by atoms with E-state index in [9.17, 15) is 4.79 Å². The van der Waals surface area contributed by atoms with Gasteiger partial charge in [-0.25, -0.2) is 0 Å². The molecule has 1 unspecified atom stereocenters. The van der Waals surface area contributed by atoms with E-state index in [0.717, 1.165) is 13.0 Å². The molecule has 78 valence electrons. The number of nitrogens with two attached hydrogens (primary N) is 1. The number of amides is 1. The van der Waals surface area contributed by atoms with Gasteiger partial charge in [0, 0.05) is 26.2 Å². The van der Waals surface area contributed by atoms with E-state index in [-0.39, 0.29) is 11.6 Å². The Labute approximate surface area is 80.5 Å². The zero-order valence-electron chi connectivity index (χ0n) is 9.00. The Hall–Kier alpha value is -0.610. The molecule has 0 saturated carbocycles. The van der Waals surface area contributed by atoms with Crippen LogP contribution in [0.15, 0.2) is 0 Å². The van der Waals surface area contributed by atoms with Gasteiger partial charge in [-0.15, -0.1) is 0 Å². The number of carbonyl (C=O) groups excluding carboxylic acids is 1. The van der Waals surface area contributed by atoms with Crippen molar-refractivity contribution in [2.45, 2.75) is 32.4 Å². The Morgan fingerprint density at radius 1 is 1.62 bits per heavy atom. The molecular weight excluding hydrogens is 166 g/mol. The first-order valence-corrected chi connectivity index (χ1v) is 4.58. The molecule has 0 fully saturated rings. The van der Waals surface area contributed by atoms with Gasteiger partial charge in [0.15, 0.2) is 0 Å². The van der Waals surface area contributed by atoms with Crippen LogP contribution in [0.2, 0.25) is 0 Å². The summed E-state index contributed by atoms with van der Waals surface area (Å²) < 4.78 is 0. The van der Waals surface area contributed by atoms with Crippen LogP contribution in [0.5, 0.6) is 0 Å². The standard InChI is InChI=1S/C9H21N3O/c1-8(11-6-5-10)9(2,3)12(4)7-13/h7-8,11H,5-6,10H2,1-4H3. The fourth-order valence-electron chi connectivity index (χ4n) is 0.991. The smallest absolute Gasteiger partial charge is 0.209 e. The number of rotatable bonds is 6. The van der Waals surface area contributed by atoms with Crippen LogP contribution < -0.4 is 11.1 Å². The second-order valence-corrected chi connectivity index (χ2v) is 3.83. The van der Waals surface area contributed by atoms with Crippen molar-refractivity contribution in [2.24, 2.45) is 5.73 Å². The van der Waals surface area contributed by atoms with Crippen LogP contribution in [0.4, 0.5) is 0 Å². The minimum Gasteiger partial charge on any atom is -0.342 e. The summed E-state index contributed by atoms with van der Waals surface area (Å²) in [5.41, 5.74) is 5.20. The lowest BCUT2D eigenvalue weighted by Gasteiger charge is -2.38. The Kier molecular flexibility index (Phi) is 4.95. The summed E-state index contributed by atoms with van der Waals surface area (Å²) in [5.74, 6) is 0. The maximum Gasteiger partial charge on any atom is 0.209 e. The van der Waals surface area contributed by atoms with Crippen LogP contribution in [-0.4, -0.2) is 43.0 Å². The highest BCUT2D eigenvalue weighted by molar-refractivity contribution is 5.48. The third kappa shape index (κ3) is 3.32. The van der Waals surface area contributed by atoms with Crippen molar-refractivity contribution in [3.05, 3.63) is 0 Å². The third-order valence-corrected chi connectivity index (χ3v) is 2.72. The number of carbonyl (C=O) groups is 1. The number of likely N-dealkylation sites (N-methyl/N-ethyl adjacent to an activating group) is 1. The molecule has 0 radical (unpaired) electrons.